The third-order valence-corrected chi connectivity index (χ3v) is 2.31. The SMILES string of the molecule is NN1C=N[NH+](Cc2ccc([N+](=O)[O-])cc2)C1. The van der Waals surface area contributed by atoms with E-state index in [1.807, 2.05) is 0 Å². The van der Waals surface area contributed by atoms with E-state index in [4.69, 9.17) is 5.84 Å². The van der Waals surface area contributed by atoms with Crippen molar-refractivity contribution in [2.24, 2.45) is 10.9 Å². The lowest BCUT2D eigenvalue weighted by Gasteiger charge is -2.09. The molecule has 1 aromatic carbocycles. The summed E-state index contributed by atoms with van der Waals surface area (Å²) in [6.07, 6.45) is 1.57. The molecule has 0 spiro atoms. The average molecular weight is 222 g/mol. The van der Waals surface area contributed by atoms with Crippen molar-refractivity contribution in [1.82, 2.24) is 5.01 Å². The van der Waals surface area contributed by atoms with Gasteiger partial charge in [-0.15, -0.1) is 0 Å². The molecule has 7 heteroatoms. The summed E-state index contributed by atoms with van der Waals surface area (Å²) in [4.78, 5) is 10.0. The van der Waals surface area contributed by atoms with E-state index in [0.717, 1.165) is 10.6 Å². The van der Waals surface area contributed by atoms with E-state index in [1.165, 1.54) is 17.1 Å². The number of non-ortho nitro benzene ring substituents is 1. The van der Waals surface area contributed by atoms with Gasteiger partial charge in [0.15, 0.2) is 13.0 Å². The van der Waals surface area contributed by atoms with Crippen molar-refractivity contribution in [3.63, 3.8) is 0 Å². The number of nitrogens with zero attached hydrogens (tertiary/aromatic N) is 3. The van der Waals surface area contributed by atoms with E-state index in [-0.39, 0.29) is 5.69 Å². The fraction of sp³-hybridized carbons (Fsp3) is 0.222. The number of nitro groups is 1. The molecule has 3 N–H and O–H groups in total. The van der Waals surface area contributed by atoms with Crippen molar-refractivity contribution < 1.29 is 9.93 Å². The molecule has 1 heterocycles. The number of nitrogens with two attached hydrogens (primary N) is 1. The molecule has 1 aliphatic heterocycles. The zero-order valence-corrected chi connectivity index (χ0v) is 8.54. The molecule has 1 unspecified atom stereocenters. The predicted octanol–water partition coefficient (Wildman–Crippen LogP) is -0.930. The lowest BCUT2D eigenvalue weighted by molar-refractivity contribution is -0.921. The number of nitro benzene ring substituents is 1. The second-order valence-electron chi connectivity index (χ2n) is 3.58. The Morgan fingerprint density at radius 2 is 2.19 bits per heavy atom. The monoisotopic (exact) mass is 222 g/mol. The molecule has 0 saturated heterocycles. The van der Waals surface area contributed by atoms with E-state index in [1.54, 1.807) is 18.5 Å². The highest BCUT2D eigenvalue weighted by atomic mass is 16.6. The largest absolute Gasteiger partial charge is 0.269 e. The minimum atomic E-state index is -0.410. The van der Waals surface area contributed by atoms with Gasteiger partial charge in [0.1, 0.15) is 6.54 Å². The second kappa shape index (κ2) is 4.25. The summed E-state index contributed by atoms with van der Waals surface area (Å²) in [6.45, 7) is 1.28. The highest BCUT2D eigenvalue weighted by Crippen LogP contribution is 2.11. The minimum absolute atomic E-state index is 0.101. The van der Waals surface area contributed by atoms with Gasteiger partial charge >= 0.3 is 0 Å². The summed E-state index contributed by atoms with van der Waals surface area (Å²) in [5, 5.41) is 17.0. The number of nitrogens with one attached hydrogen (secondary N) is 1. The Morgan fingerprint density at radius 1 is 1.50 bits per heavy atom. The van der Waals surface area contributed by atoms with E-state index in [9.17, 15) is 10.1 Å². The predicted molar refractivity (Wildman–Crippen MR) is 57.1 cm³/mol. The minimum Gasteiger partial charge on any atom is -0.258 e. The topological polar surface area (TPSA) is 89.2 Å². The van der Waals surface area contributed by atoms with Gasteiger partial charge < -0.3 is 0 Å². The van der Waals surface area contributed by atoms with Crippen LogP contribution in [-0.4, -0.2) is 22.9 Å². The quantitative estimate of drug-likeness (QED) is 0.393. The number of rotatable bonds is 3. The van der Waals surface area contributed by atoms with Crippen LogP contribution < -0.4 is 10.9 Å². The first kappa shape index (κ1) is 10.5. The summed E-state index contributed by atoms with van der Waals surface area (Å²) in [6, 6.07) is 6.46. The van der Waals surface area contributed by atoms with Crippen LogP contribution in [0, 0.1) is 10.1 Å². The van der Waals surface area contributed by atoms with Gasteiger partial charge in [-0.25, -0.2) is 10.9 Å². The first-order valence-electron chi connectivity index (χ1n) is 4.79. The van der Waals surface area contributed by atoms with Gasteiger partial charge in [0.25, 0.3) is 5.69 Å². The summed E-state index contributed by atoms with van der Waals surface area (Å²) in [5.41, 5.74) is 1.09. The number of quaternary nitrogens is 1. The third-order valence-electron chi connectivity index (χ3n) is 2.31. The number of hydrogen-bond donors (Lipinski definition) is 2. The number of hydrogen-bond acceptors (Lipinski definition) is 5. The molecule has 0 bridgehead atoms. The maximum Gasteiger partial charge on any atom is 0.269 e. The Hall–Kier alpha value is -1.99. The van der Waals surface area contributed by atoms with Crippen LogP contribution in [-0.2, 0) is 6.54 Å². The van der Waals surface area contributed by atoms with Gasteiger partial charge in [0.05, 0.1) is 4.92 Å². The van der Waals surface area contributed by atoms with E-state index in [2.05, 4.69) is 5.10 Å². The van der Waals surface area contributed by atoms with Gasteiger partial charge in [0.2, 0.25) is 0 Å². The summed E-state index contributed by atoms with van der Waals surface area (Å²) in [5.74, 6) is 5.52. The van der Waals surface area contributed by atoms with E-state index >= 15 is 0 Å². The lowest BCUT2D eigenvalue weighted by atomic mass is 10.2. The number of hydrazine groups is 1. The fourth-order valence-electron chi connectivity index (χ4n) is 1.52. The van der Waals surface area contributed by atoms with Crippen LogP contribution in [0.2, 0.25) is 0 Å². The second-order valence-corrected chi connectivity index (χ2v) is 3.58. The molecule has 84 valence electrons. The van der Waals surface area contributed by atoms with Crippen LogP contribution in [0.1, 0.15) is 5.56 Å². The molecule has 0 radical (unpaired) electrons. The van der Waals surface area contributed by atoms with Gasteiger partial charge in [0, 0.05) is 17.7 Å². The number of benzene rings is 1. The van der Waals surface area contributed by atoms with Crippen LogP contribution in [0.25, 0.3) is 0 Å². The van der Waals surface area contributed by atoms with Crippen LogP contribution in [0.15, 0.2) is 29.4 Å². The van der Waals surface area contributed by atoms with Crippen molar-refractivity contribution >= 4 is 12.0 Å². The van der Waals surface area contributed by atoms with E-state index < -0.39 is 4.92 Å². The molecule has 1 aliphatic rings. The summed E-state index contributed by atoms with van der Waals surface area (Å²) >= 11 is 0. The Morgan fingerprint density at radius 3 is 2.69 bits per heavy atom. The smallest absolute Gasteiger partial charge is 0.258 e. The first-order chi connectivity index (χ1) is 7.65. The molecule has 2 rings (SSSR count). The zero-order chi connectivity index (χ0) is 11.5. The molecule has 0 amide bonds. The average Bonchev–Trinajstić information content (AvgIpc) is 2.65. The highest BCUT2D eigenvalue weighted by Gasteiger charge is 2.16. The van der Waals surface area contributed by atoms with Crippen LogP contribution >= 0.6 is 0 Å². The standard InChI is InChI=1S/C9H11N5O2/c10-12-6-11-13(7-12)5-8-1-3-9(4-2-8)14(15)16/h1-4,6H,5,7,10H2/p+1. The Balaban J connectivity index is 2.00. The van der Waals surface area contributed by atoms with Crippen LogP contribution in [0.4, 0.5) is 5.69 Å². The van der Waals surface area contributed by atoms with Crippen molar-refractivity contribution in [3.8, 4) is 0 Å². The molecule has 16 heavy (non-hydrogen) atoms. The molecule has 7 nitrogen and oxygen atoms in total. The molecule has 0 fully saturated rings. The maximum atomic E-state index is 10.5. The van der Waals surface area contributed by atoms with Crippen molar-refractivity contribution in [2.75, 3.05) is 6.67 Å². The highest BCUT2D eigenvalue weighted by molar-refractivity contribution is 5.53. The fourth-order valence-corrected chi connectivity index (χ4v) is 1.52. The van der Waals surface area contributed by atoms with Crippen LogP contribution in [0.3, 0.4) is 0 Å². The van der Waals surface area contributed by atoms with Crippen molar-refractivity contribution in [3.05, 3.63) is 39.9 Å². The molecule has 0 saturated carbocycles. The van der Waals surface area contributed by atoms with E-state index in [0.29, 0.717) is 13.2 Å². The Bertz CT molecular complexity index is 416. The van der Waals surface area contributed by atoms with Gasteiger partial charge in [-0.1, -0.05) is 5.10 Å². The first-order valence-corrected chi connectivity index (χ1v) is 4.79. The molecular weight excluding hydrogens is 210 g/mol. The van der Waals surface area contributed by atoms with Crippen molar-refractivity contribution in [1.29, 1.82) is 0 Å². The molecular formula is C9H12N5O2+. The summed E-state index contributed by atoms with van der Waals surface area (Å²) in [7, 11) is 0. The molecule has 0 aromatic heterocycles. The van der Waals surface area contributed by atoms with Gasteiger partial charge in [-0.05, 0) is 12.1 Å². The maximum absolute atomic E-state index is 10.5. The summed E-state index contributed by atoms with van der Waals surface area (Å²) < 4.78 is 0. The Kier molecular flexibility index (Phi) is 2.80. The molecule has 1 atom stereocenters. The van der Waals surface area contributed by atoms with Crippen molar-refractivity contribution in [2.45, 2.75) is 6.54 Å². The normalized spacial score (nSPS) is 19.1. The lowest BCUT2D eigenvalue weighted by Crippen LogP contribution is -3.05. The zero-order valence-electron chi connectivity index (χ0n) is 8.54. The van der Waals surface area contributed by atoms with Crippen LogP contribution in [0.5, 0.6) is 0 Å². The Labute approximate surface area is 91.9 Å². The molecule has 1 aromatic rings. The van der Waals surface area contributed by atoms with Gasteiger partial charge in [-0.2, -0.15) is 5.01 Å². The van der Waals surface area contributed by atoms with Gasteiger partial charge in [-0.3, -0.25) is 10.1 Å². The molecule has 0 aliphatic carbocycles. The third kappa shape index (κ3) is 2.33.